The Hall–Kier alpha value is -0.383. The molecule has 4 heavy (non-hydrogen) atoms. The average Bonchev–Trinajstić information content (AvgIpc) is 0.811. The van der Waals surface area contributed by atoms with Gasteiger partial charge < -0.3 is 5.21 Å². The summed E-state index contributed by atoms with van der Waals surface area (Å²) in [5, 5.41) is 9.09. The molecule has 0 aromatic carbocycles. The van der Waals surface area contributed by atoms with Gasteiger partial charge in [0.15, 0.2) is 0 Å². The zero-order chi connectivity index (χ0) is 3.58. The van der Waals surface area contributed by atoms with Crippen LogP contribution >= 0.6 is 0 Å². The highest BCUT2D eigenvalue weighted by Crippen LogP contribution is 1.37. The van der Waals surface area contributed by atoms with Crippen molar-refractivity contribution in [2.24, 2.45) is 0 Å². The first kappa shape index (κ1) is 3.62. The topological polar surface area (TPSA) is 49.9 Å². The maximum absolute atomic E-state index is 9.09. The number of nitrogens with one attached hydrogen (secondary N) is 1. The van der Waals surface area contributed by atoms with Gasteiger partial charge in [-0.15, -0.1) is 0 Å². The van der Waals surface area contributed by atoms with Crippen LogP contribution in [0.4, 0.5) is 0 Å². The smallest absolute Gasteiger partial charge is 0.354 e. The van der Waals surface area contributed by atoms with Gasteiger partial charge >= 0.3 is 10.4 Å². The van der Waals surface area contributed by atoms with Gasteiger partial charge in [0, 0.05) is 0 Å². The summed E-state index contributed by atoms with van der Waals surface area (Å²) in [6.45, 7) is 0. The van der Waals surface area contributed by atoms with Crippen molar-refractivity contribution in [1.29, 1.82) is 5.53 Å². The summed E-state index contributed by atoms with van der Waals surface area (Å²) in [6, 6.07) is 0. The Labute approximate surface area is 26.8 Å². The second kappa shape index (κ2) is 0.999. The first-order valence-corrected chi connectivity index (χ1v) is 1.75. The number of hydrogen-bond acceptors (Lipinski definition) is 2. The van der Waals surface area contributed by atoms with Crippen LogP contribution in [0.5, 0.6) is 0 Å². The summed E-state index contributed by atoms with van der Waals surface area (Å²) in [4.78, 5) is 0. The third-order valence-corrected chi connectivity index (χ3v) is 0. The lowest BCUT2D eigenvalue weighted by molar-refractivity contribution is -0.399. The van der Waals surface area contributed by atoms with Gasteiger partial charge in [-0.05, 0) is 0 Å². The lowest BCUT2D eigenvalue weighted by Crippen LogP contribution is -1.83. The maximum atomic E-state index is 9.09. The minimum atomic E-state index is 0.139. The van der Waals surface area contributed by atoms with Crippen molar-refractivity contribution >= 4 is 10.4 Å². The lowest BCUT2D eigenvalue weighted by atomic mass is 13.1. The van der Waals surface area contributed by atoms with E-state index in [9.17, 15) is 0 Å². The highest BCUT2D eigenvalue weighted by Gasteiger charge is 1.49. The first-order valence-electron chi connectivity index (χ1n) is 0.853. The van der Waals surface area contributed by atoms with Gasteiger partial charge in [-0.25, -0.2) is 0 Å². The molecule has 24 valence electrons. The minimum absolute atomic E-state index is 0.139. The molecule has 0 aliphatic rings. The third-order valence-electron chi connectivity index (χ3n) is 0. The minimum Gasteiger partial charge on any atom is -0.622 e. The number of hydrogen-bond donors (Lipinski definition) is 1. The molecule has 0 saturated carbocycles. The molecule has 0 rings (SSSR count). The Balaban J connectivity index is 2.80. The molecular weight excluding hydrogens is 72.1 g/mol. The van der Waals surface area contributed by atoms with E-state index in [-0.39, 0.29) is 4.53 Å². The molecule has 0 bridgehead atoms. The fraction of sp³-hybridized carbons (Fsp3) is 0. The lowest BCUT2D eigenvalue weighted by Gasteiger charge is -1.79. The molecule has 0 aromatic rings. The first-order chi connectivity index (χ1) is 1.73. The largest absolute Gasteiger partial charge is 0.622 e. The molecule has 4 heteroatoms. The van der Waals surface area contributed by atoms with E-state index in [1.807, 2.05) is 0 Å². The highest BCUT2D eigenvalue weighted by molar-refractivity contribution is 5.95. The van der Waals surface area contributed by atoms with Crippen LogP contribution < -0.4 is 0 Å². The van der Waals surface area contributed by atoms with Crippen molar-refractivity contribution in [2.75, 3.05) is 0 Å². The van der Waals surface area contributed by atoms with Crippen LogP contribution in [0.15, 0.2) is 0 Å². The van der Waals surface area contributed by atoms with Crippen molar-refractivity contribution in [2.45, 2.75) is 0 Å². The number of rotatable bonds is 0. The van der Waals surface area contributed by atoms with E-state index >= 15 is 0 Å². The molecule has 0 heterocycles. The van der Waals surface area contributed by atoms with Crippen LogP contribution in [0.3, 0.4) is 0 Å². The van der Waals surface area contributed by atoms with Crippen LogP contribution in [0, 0.1) is 10.7 Å². The summed E-state index contributed by atoms with van der Waals surface area (Å²) in [5.41, 5.74) is 5.92. The van der Waals surface area contributed by atoms with Gasteiger partial charge in [0.05, 0.1) is 0 Å². The van der Waals surface area contributed by atoms with Crippen LogP contribution in [0.25, 0.3) is 0 Å². The van der Waals surface area contributed by atoms with E-state index in [0.29, 0.717) is 10.4 Å². The second-order valence-corrected chi connectivity index (χ2v) is 1.31. The van der Waals surface area contributed by atoms with E-state index in [4.69, 9.17) is 10.7 Å². The van der Waals surface area contributed by atoms with Crippen LogP contribution in [-0.4, -0.2) is 14.9 Å². The maximum Gasteiger partial charge on any atom is 0.354 e. The molecule has 0 saturated heterocycles. The van der Waals surface area contributed by atoms with E-state index in [1.54, 1.807) is 0 Å². The fourth-order valence-corrected chi connectivity index (χ4v) is 0. The van der Waals surface area contributed by atoms with Crippen molar-refractivity contribution < 1.29 is 4.53 Å². The fourth-order valence-electron chi connectivity index (χ4n) is 0. The predicted octanol–water partition coefficient (Wildman–Crippen LogP) is -1.19. The van der Waals surface area contributed by atoms with Gasteiger partial charge in [-0.3, -0.25) is 0 Å². The Kier molecular flexibility index (Phi) is 0.903. The van der Waals surface area contributed by atoms with E-state index in [2.05, 4.69) is 0 Å². The molecule has 0 aromatic heterocycles. The van der Waals surface area contributed by atoms with E-state index in [1.165, 1.54) is 0 Å². The van der Waals surface area contributed by atoms with Crippen molar-refractivity contribution in [1.82, 2.24) is 0 Å². The highest BCUT2D eigenvalue weighted by atomic mass is 28.2. The van der Waals surface area contributed by atoms with Gasteiger partial charge in [0.25, 0.3) is 0 Å². The quantitative estimate of drug-likeness (QED) is 0.220. The molecule has 0 fully saturated rings. The standard InChI is InChI=1S/H4N2OSi/c1-2(3)4/h1H,4H3. The Morgan fingerprint density at radius 1 is 2.00 bits per heavy atom. The molecule has 0 unspecified atom stereocenters. The molecular formula is H4N2OSi. The monoisotopic (exact) mass is 76.0 g/mol. The summed E-state index contributed by atoms with van der Waals surface area (Å²) in [6.07, 6.45) is 0. The molecule has 0 spiro atoms. The van der Waals surface area contributed by atoms with Gasteiger partial charge in [-0.1, -0.05) is 5.53 Å². The van der Waals surface area contributed by atoms with Gasteiger partial charge in [-0.2, -0.15) is 4.53 Å². The van der Waals surface area contributed by atoms with Gasteiger partial charge in [0.2, 0.25) is 0 Å². The Bertz CT molecular complexity index is 29.0. The SMILES string of the molecule is N=[N+]([O-])[SiH3]. The zero-order valence-corrected chi connectivity index (χ0v) is 4.36. The van der Waals surface area contributed by atoms with Gasteiger partial charge in [0.1, 0.15) is 0 Å². The molecule has 3 nitrogen and oxygen atoms in total. The van der Waals surface area contributed by atoms with E-state index < -0.39 is 0 Å². The molecule has 0 atom stereocenters. The third kappa shape index (κ3) is 4.19. The molecule has 1 N–H and O–H groups in total. The van der Waals surface area contributed by atoms with Crippen LogP contribution in [0.1, 0.15) is 0 Å². The second-order valence-electron chi connectivity index (χ2n) is 0.497. The van der Waals surface area contributed by atoms with Crippen molar-refractivity contribution in [3.05, 3.63) is 5.21 Å². The van der Waals surface area contributed by atoms with Crippen molar-refractivity contribution in [3.63, 3.8) is 0 Å². The predicted molar refractivity (Wildman–Crippen MR) is 16.3 cm³/mol. The molecule has 0 radical (unpaired) electrons. The average molecular weight is 76.1 g/mol. The molecule has 0 aliphatic heterocycles. The van der Waals surface area contributed by atoms with Crippen molar-refractivity contribution in [3.8, 4) is 0 Å². The molecule has 0 amide bonds. The zero-order valence-electron chi connectivity index (χ0n) is 2.36. The Morgan fingerprint density at radius 2 is 2.00 bits per heavy atom. The molecule has 0 aliphatic carbocycles. The number of nitrogens with zero attached hydrogens (tertiary/aromatic N) is 1. The summed E-state index contributed by atoms with van der Waals surface area (Å²) < 4.78 is 0.139. The van der Waals surface area contributed by atoms with E-state index in [0.717, 1.165) is 0 Å². The van der Waals surface area contributed by atoms with Crippen LogP contribution in [0.2, 0.25) is 0 Å². The summed E-state index contributed by atoms with van der Waals surface area (Å²) >= 11 is 0. The Morgan fingerprint density at radius 3 is 2.00 bits per heavy atom. The summed E-state index contributed by atoms with van der Waals surface area (Å²) in [5.74, 6) is 0. The normalized spacial score (nSPS) is 7.00. The summed E-state index contributed by atoms with van der Waals surface area (Å²) in [7, 11) is 0.293. The van der Waals surface area contributed by atoms with Crippen LogP contribution in [-0.2, 0) is 0 Å².